The lowest BCUT2D eigenvalue weighted by Gasteiger charge is -2.24. The fraction of sp³-hybridized carbons (Fsp3) is 0.467. The van der Waals surface area contributed by atoms with Gasteiger partial charge in [-0.15, -0.1) is 10.2 Å². The molecule has 5 heteroatoms. The normalized spacial score (nSPS) is 18.9. The van der Waals surface area contributed by atoms with Gasteiger partial charge >= 0.3 is 0 Å². The van der Waals surface area contributed by atoms with Crippen LogP contribution in [0.15, 0.2) is 30.6 Å². The summed E-state index contributed by atoms with van der Waals surface area (Å²) < 4.78 is 1.92. The van der Waals surface area contributed by atoms with Gasteiger partial charge in [-0.2, -0.15) is 0 Å². The van der Waals surface area contributed by atoms with Crippen molar-refractivity contribution in [2.24, 2.45) is 7.05 Å². The number of hydrogen-bond acceptors (Lipinski definition) is 4. The van der Waals surface area contributed by atoms with E-state index in [9.17, 15) is 0 Å². The Morgan fingerprint density at radius 3 is 2.80 bits per heavy atom. The van der Waals surface area contributed by atoms with Gasteiger partial charge in [0.05, 0.1) is 0 Å². The molecule has 0 aliphatic carbocycles. The topological polar surface area (TPSA) is 54.8 Å². The third kappa shape index (κ3) is 2.99. The molecule has 1 aliphatic rings. The van der Waals surface area contributed by atoms with Gasteiger partial charge in [0.15, 0.2) is 5.82 Å². The first-order chi connectivity index (χ1) is 9.83. The highest BCUT2D eigenvalue weighted by atomic mass is 15.2. The maximum absolute atomic E-state index is 4.12. The molecule has 1 aromatic heterocycles. The van der Waals surface area contributed by atoms with Crippen LogP contribution in [-0.4, -0.2) is 33.9 Å². The Balaban J connectivity index is 1.60. The summed E-state index contributed by atoms with van der Waals surface area (Å²) in [5.41, 5.74) is 2.25. The molecule has 1 saturated heterocycles. The van der Waals surface area contributed by atoms with E-state index in [0.717, 1.165) is 30.2 Å². The van der Waals surface area contributed by atoms with Crippen molar-refractivity contribution >= 4 is 5.69 Å². The number of benzene rings is 1. The quantitative estimate of drug-likeness (QED) is 0.893. The van der Waals surface area contributed by atoms with Crippen LogP contribution in [-0.2, 0) is 7.05 Å². The zero-order valence-corrected chi connectivity index (χ0v) is 11.8. The third-order valence-corrected chi connectivity index (χ3v) is 3.82. The fourth-order valence-electron chi connectivity index (χ4n) is 2.62. The maximum atomic E-state index is 4.12. The van der Waals surface area contributed by atoms with Crippen molar-refractivity contribution in [2.45, 2.75) is 25.3 Å². The average Bonchev–Trinajstić information content (AvgIpc) is 2.93. The Hall–Kier alpha value is -1.88. The summed E-state index contributed by atoms with van der Waals surface area (Å²) in [5.74, 6) is 0.894. The number of nitrogens with one attached hydrogen (secondary N) is 2. The smallest absolute Gasteiger partial charge is 0.163 e. The maximum Gasteiger partial charge on any atom is 0.163 e. The van der Waals surface area contributed by atoms with Gasteiger partial charge in [0.1, 0.15) is 6.33 Å². The summed E-state index contributed by atoms with van der Waals surface area (Å²) >= 11 is 0. The van der Waals surface area contributed by atoms with E-state index >= 15 is 0 Å². The summed E-state index contributed by atoms with van der Waals surface area (Å²) in [6.07, 6.45) is 5.63. The number of aryl methyl sites for hydroxylation is 1. The van der Waals surface area contributed by atoms with Crippen LogP contribution in [0, 0.1) is 0 Å². The number of hydrogen-bond donors (Lipinski definition) is 2. The molecule has 0 saturated carbocycles. The second-order valence-electron chi connectivity index (χ2n) is 5.37. The number of nitrogens with zero attached hydrogens (tertiary/aromatic N) is 3. The molecule has 1 aliphatic heterocycles. The summed E-state index contributed by atoms with van der Waals surface area (Å²) in [7, 11) is 1.95. The second kappa shape index (κ2) is 6.05. The molecule has 0 bridgehead atoms. The van der Waals surface area contributed by atoms with Gasteiger partial charge in [-0.1, -0.05) is 6.42 Å². The third-order valence-electron chi connectivity index (χ3n) is 3.82. The Labute approximate surface area is 119 Å². The molecule has 0 amide bonds. The van der Waals surface area contributed by atoms with Gasteiger partial charge in [-0.25, -0.2) is 0 Å². The molecule has 2 aromatic rings. The first-order valence-corrected chi connectivity index (χ1v) is 7.24. The van der Waals surface area contributed by atoms with Gasteiger partial charge in [0.2, 0.25) is 0 Å². The van der Waals surface area contributed by atoms with Crippen LogP contribution in [0.3, 0.4) is 0 Å². The molecule has 106 valence electrons. The van der Waals surface area contributed by atoms with Crippen molar-refractivity contribution < 1.29 is 0 Å². The largest absolute Gasteiger partial charge is 0.383 e. The molecule has 2 heterocycles. The minimum Gasteiger partial charge on any atom is -0.383 e. The van der Waals surface area contributed by atoms with E-state index in [1.165, 1.54) is 19.3 Å². The van der Waals surface area contributed by atoms with Crippen LogP contribution < -0.4 is 10.6 Å². The van der Waals surface area contributed by atoms with Gasteiger partial charge < -0.3 is 15.2 Å². The average molecular weight is 271 g/mol. The van der Waals surface area contributed by atoms with Crippen LogP contribution in [0.5, 0.6) is 0 Å². The summed E-state index contributed by atoms with van der Waals surface area (Å²) in [6, 6.07) is 8.98. The van der Waals surface area contributed by atoms with Crippen LogP contribution >= 0.6 is 0 Å². The molecule has 20 heavy (non-hydrogen) atoms. The van der Waals surface area contributed by atoms with E-state index in [0.29, 0.717) is 6.04 Å². The van der Waals surface area contributed by atoms with Crippen LogP contribution in [0.25, 0.3) is 11.4 Å². The Morgan fingerprint density at radius 2 is 2.15 bits per heavy atom. The summed E-state index contributed by atoms with van der Waals surface area (Å²) in [4.78, 5) is 0. The Bertz CT molecular complexity index is 540. The van der Waals surface area contributed by atoms with Crippen LogP contribution in [0.4, 0.5) is 5.69 Å². The van der Waals surface area contributed by atoms with Crippen molar-refractivity contribution in [3.8, 4) is 11.4 Å². The van der Waals surface area contributed by atoms with E-state index in [2.05, 4.69) is 45.1 Å². The Morgan fingerprint density at radius 1 is 1.30 bits per heavy atom. The molecular formula is C15H21N5. The van der Waals surface area contributed by atoms with E-state index in [1.54, 1.807) is 6.33 Å². The second-order valence-corrected chi connectivity index (χ2v) is 5.37. The van der Waals surface area contributed by atoms with Crippen molar-refractivity contribution in [3.05, 3.63) is 30.6 Å². The Kier molecular flexibility index (Phi) is 3.97. The minimum absolute atomic E-state index is 0.599. The molecule has 1 atom stereocenters. The van der Waals surface area contributed by atoms with Crippen molar-refractivity contribution in [1.82, 2.24) is 20.1 Å². The van der Waals surface area contributed by atoms with E-state index in [4.69, 9.17) is 0 Å². The highest BCUT2D eigenvalue weighted by Crippen LogP contribution is 2.19. The lowest BCUT2D eigenvalue weighted by atomic mass is 10.1. The molecule has 0 spiro atoms. The molecule has 1 unspecified atom stereocenters. The monoisotopic (exact) mass is 271 g/mol. The van der Waals surface area contributed by atoms with Gasteiger partial charge in [0.25, 0.3) is 0 Å². The molecule has 1 fully saturated rings. The summed E-state index contributed by atoms with van der Waals surface area (Å²) in [5, 5.41) is 15.1. The van der Waals surface area contributed by atoms with E-state index in [1.807, 2.05) is 11.6 Å². The number of rotatable bonds is 4. The molecule has 0 radical (unpaired) electrons. The lowest BCUT2D eigenvalue weighted by Crippen LogP contribution is -2.39. The minimum atomic E-state index is 0.599. The standard InChI is InChI=1S/C15H21N5/c1-20-11-18-19-15(20)12-5-7-13(8-6-12)17-10-14-4-2-3-9-16-14/h5-8,11,14,16-17H,2-4,9-10H2,1H3. The van der Waals surface area contributed by atoms with Crippen molar-refractivity contribution in [3.63, 3.8) is 0 Å². The van der Waals surface area contributed by atoms with Crippen molar-refractivity contribution in [2.75, 3.05) is 18.4 Å². The van der Waals surface area contributed by atoms with E-state index in [-0.39, 0.29) is 0 Å². The molecular weight excluding hydrogens is 250 g/mol. The highest BCUT2D eigenvalue weighted by molar-refractivity contribution is 5.59. The van der Waals surface area contributed by atoms with Crippen molar-refractivity contribution in [1.29, 1.82) is 0 Å². The van der Waals surface area contributed by atoms with Crippen LogP contribution in [0.2, 0.25) is 0 Å². The molecule has 3 rings (SSSR count). The van der Waals surface area contributed by atoms with Gasteiger partial charge in [0, 0.05) is 30.9 Å². The SMILES string of the molecule is Cn1cnnc1-c1ccc(NCC2CCCCN2)cc1. The highest BCUT2D eigenvalue weighted by Gasteiger charge is 2.11. The van der Waals surface area contributed by atoms with Gasteiger partial charge in [-0.3, -0.25) is 0 Å². The predicted molar refractivity (Wildman–Crippen MR) is 80.6 cm³/mol. The summed E-state index contributed by atoms with van der Waals surface area (Å²) in [6.45, 7) is 2.14. The first-order valence-electron chi connectivity index (χ1n) is 7.24. The molecule has 5 nitrogen and oxygen atoms in total. The fourth-order valence-corrected chi connectivity index (χ4v) is 2.62. The first kappa shape index (κ1) is 13.1. The predicted octanol–water partition coefficient (Wildman–Crippen LogP) is 2.04. The molecule has 1 aromatic carbocycles. The van der Waals surface area contributed by atoms with E-state index < -0.39 is 0 Å². The zero-order chi connectivity index (χ0) is 13.8. The zero-order valence-electron chi connectivity index (χ0n) is 11.8. The number of anilines is 1. The molecule has 2 N–H and O–H groups in total. The lowest BCUT2D eigenvalue weighted by molar-refractivity contribution is 0.414. The van der Waals surface area contributed by atoms with Crippen LogP contribution in [0.1, 0.15) is 19.3 Å². The number of aromatic nitrogens is 3. The van der Waals surface area contributed by atoms with Gasteiger partial charge in [-0.05, 0) is 43.7 Å². The number of piperidine rings is 1.